The van der Waals surface area contributed by atoms with E-state index < -0.39 is 18.9 Å². The van der Waals surface area contributed by atoms with E-state index in [1.165, 1.54) is 12.1 Å². The topological polar surface area (TPSA) is 77.5 Å². The van der Waals surface area contributed by atoms with Gasteiger partial charge in [-0.2, -0.15) is 0 Å². The summed E-state index contributed by atoms with van der Waals surface area (Å²) in [6.45, 7) is 1.49. The molecule has 1 aromatic carbocycles. The van der Waals surface area contributed by atoms with Crippen LogP contribution in [0.4, 0.5) is 0 Å². The Kier molecular flexibility index (Phi) is 5.49. The maximum atomic E-state index is 11.3. The van der Waals surface area contributed by atoms with E-state index in [0.717, 1.165) is 6.07 Å². The average Bonchev–Trinajstić information content (AvgIpc) is 2.30. The molecule has 0 aliphatic heterocycles. The van der Waals surface area contributed by atoms with Gasteiger partial charge in [0.2, 0.25) is 0 Å². The molecule has 108 valence electrons. The van der Waals surface area contributed by atoms with Crippen LogP contribution in [0.15, 0.2) is 23.1 Å². The first-order valence-electron chi connectivity index (χ1n) is 5.23. The van der Waals surface area contributed by atoms with Gasteiger partial charge in [0.15, 0.2) is 9.84 Å². The Balaban J connectivity index is 2.77. The summed E-state index contributed by atoms with van der Waals surface area (Å²) in [6, 6.07) is 3.71. The minimum Gasteiger partial charge on any atom is -0.491 e. The van der Waals surface area contributed by atoms with Crippen molar-refractivity contribution in [2.45, 2.75) is 11.8 Å². The molecular weight excluding hydrogens is 335 g/mol. The van der Waals surface area contributed by atoms with Crippen LogP contribution in [-0.4, -0.2) is 34.9 Å². The predicted octanol–water partition coefficient (Wildman–Crippen LogP) is 2.08. The largest absolute Gasteiger partial charge is 0.491 e. The first kappa shape index (κ1) is 16.6. The number of hydrogen-bond donors (Lipinski definition) is 0. The molecule has 19 heavy (non-hydrogen) atoms. The molecule has 0 aliphatic rings. The molecule has 9 heteroatoms. The molecule has 0 saturated carbocycles. The van der Waals surface area contributed by atoms with Gasteiger partial charge in [0.25, 0.3) is 9.05 Å². The van der Waals surface area contributed by atoms with Crippen LogP contribution in [-0.2, 0) is 18.9 Å². The highest BCUT2D eigenvalue weighted by Gasteiger charge is 2.13. The van der Waals surface area contributed by atoms with Gasteiger partial charge in [0.1, 0.15) is 12.4 Å². The van der Waals surface area contributed by atoms with Crippen LogP contribution in [0.3, 0.4) is 0 Å². The second-order valence-electron chi connectivity index (χ2n) is 3.61. The third-order valence-electron chi connectivity index (χ3n) is 2.28. The Bertz CT molecular complexity index is 652. The van der Waals surface area contributed by atoms with E-state index in [0.29, 0.717) is 0 Å². The first-order valence-corrected chi connectivity index (χ1v) is 9.74. The molecular formula is C10H12Cl2O5S2. The zero-order chi connectivity index (χ0) is 14.7. The summed E-state index contributed by atoms with van der Waals surface area (Å²) in [4.78, 5) is -0.146. The molecule has 1 aromatic rings. The van der Waals surface area contributed by atoms with Gasteiger partial charge < -0.3 is 4.74 Å². The number of benzene rings is 1. The summed E-state index contributed by atoms with van der Waals surface area (Å²) < 4.78 is 49.8. The Hall–Kier alpha value is -0.500. The summed E-state index contributed by atoms with van der Waals surface area (Å²) in [5.74, 6) is 0.111. The van der Waals surface area contributed by atoms with Crippen LogP contribution >= 0.6 is 22.3 Å². The molecule has 0 amide bonds. The molecule has 0 heterocycles. The molecule has 0 aromatic heterocycles. The lowest BCUT2D eigenvalue weighted by atomic mass is 10.3. The molecule has 0 bridgehead atoms. The molecule has 5 nitrogen and oxygen atoms in total. The van der Waals surface area contributed by atoms with E-state index in [1.54, 1.807) is 6.92 Å². The van der Waals surface area contributed by atoms with E-state index in [9.17, 15) is 16.8 Å². The summed E-state index contributed by atoms with van der Waals surface area (Å²) in [5.41, 5.74) is 0. The van der Waals surface area contributed by atoms with Gasteiger partial charge in [-0.15, -0.1) is 0 Å². The predicted molar refractivity (Wildman–Crippen MR) is 74.3 cm³/mol. The zero-order valence-electron chi connectivity index (χ0n) is 9.97. The summed E-state index contributed by atoms with van der Waals surface area (Å²) in [6.07, 6.45) is 0. The summed E-state index contributed by atoms with van der Waals surface area (Å²) in [7, 11) is -1.81. The summed E-state index contributed by atoms with van der Waals surface area (Å²) >= 11 is 5.82. The third-order valence-corrected chi connectivity index (χ3v) is 5.59. The van der Waals surface area contributed by atoms with Gasteiger partial charge in [-0.3, -0.25) is 0 Å². The molecule has 0 saturated heterocycles. The second kappa shape index (κ2) is 6.30. The monoisotopic (exact) mass is 346 g/mol. The van der Waals surface area contributed by atoms with Crippen molar-refractivity contribution in [1.82, 2.24) is 0 Å². The maximum Gasteiger partial charge on any atom is 0.261 e. The molecule has 0 spiro atoms. The Morgan fingerprint density at radius 3 is 2.32 bits per heavy atom. The van der Waals surface area contributed by atoms with Crippen molar-refractivity contribution in [3.8, 4) is 5.75 Å². The van der Waals surface area contributed by atoms with E-state index in [-0.39, 0.29) is 33.8 Å². The van der Waals surface area contributed by atoms with Gasteiger partial charge in [-0.25, -0.2) is 16.8 Å². The van der Waals surface area contributed by atoms with Gasteiger partial charge in [0, 0.05) is 16.4 Å². The highest BCUT2D eigenvalue weighted by molar-refractivity contribution is 8.13. The highest BCUT2D eigenvalue weighted by Crippen LogP contribution is 2.28. The number of halogens is 2. The molecule has 0 aliphatic carbocycles. The SMILES string of the molecule is CCS(=O)(=O)CCOc1ccc(S(=O)(=O)Cl)cc1Cl. The average molecular weight is 347 g/mol. The fourth-order valence-corrected chi connectivity index (χ4v) is 2.88. The minimum absolute atomic E-state index is 0.0352. The van der Waals surface area contributed by atoms with Gasteiger partial charge in [-0.1, -0.05) is 18.5 Å². The van der Waals surface area contributed by atoms with Crippen LogP contribution < -0.4 is 4.74 Å². The number of hydrogen-bond acceptors (Lipinski definition) is 5. The van der Waals surface area contributed by atoms with Crippen molar-refractivity contribution in [1.29, 1.82) is 0 Å². The standard InChI is InChI=1S/C10H12Cl2O5S2/c1-2-18(13,14)6-5-17-10-4-3-8(7-9(10)11)19(12,15)16/h3-4,7H,2,5-6H2,1H3. The molecule has 0 radical (unpaired) electrons. The Morgan fingerprint density at radius 2 is 1.84 bits per heavy atom. The van der Waals surface area contributed by atoms with Gasteiger partial charge >= 0.3 is 0 Å². The minimum atomic E-state index is -3.85. The van der Waals surface area contributed by atoms with Crippen LogP contribution in [0.2, 0.25) is 5.02 Å². The van der Waals surface area contributed by atoms with Crippen molar-refractivity contribution >= 4 is 41.2 Å². The second-order valence-corrected chi connectivity index (χ2v) is 9.06. The number of rotatable bonds is 6. The van der Waals surface area contributed by atoms with Crippen LogP contribution in [0.1, 0.15) is 6.92 Å². The Labute approximate surface area is 121 Å². The van der Waals surface area contributed by atoms with E-state index in [4.69, 9.17) is 27.0 Å². The quantitative estimate of drug-likeness (QED) is 0.737. The van der Waals surface area contributed by atoms with E-state index in [2.05, 4.69) is 0 Å². The van der Waals surface area contributed by atoms with E-state index in [1.807, 2.05) is 0 Å². The number of sulfone groups is 1. The Morgan fingerprint density at radius 1 is 1.21 bits per heavy atom. The van der Waals surface area contributed by atoms with Crippen LogP contribution in [0.5, 0.6) is 5.75 Å². The van der Waals surface area contributed by atoms with Crippen LogP contribution in [0, 0.1) is 0 Å². The van der Waals surface area contributed by atoms with Gasteiger partial charge in [-0.05, 0) is 18.2 Å². The van der Waals surface area contributed by atoms with Crippen molar-refractivity contribution in [3.05, 3.63) is 23.2 Å². The first-order chi connectivity index (χ1) is 8.65. The maximum absolute atomic E-state index is 11.3. The zero-order valence-corrected chi connectivity index (χ0v) is 13.1. The van der Waals surface area contributed by atoms with Crippen molar-refractivity contribution in [3.63, 3.8) is 0 Å². The van der Waals surface area contributed by atoms with Gasteiger partial charge in [0.05, 0.1) is 15.7 Å². The van der Waals surface area contributed by atoms with Crippen molar-refractivity contribution in [2.24, 2.45) is 0 Å². The smallest absolute Gasteiger partial charge is 0.261 e. The van der Waals surface area contributed by atoms with E-state index >= 15 is 0 Å². The normalized spacial score (nSPS) is 12.4. The molecule has 0 N–H and O–H groups in total. The van der Waals surface area contributed by atoms with Crippen molar-refractivity contribution < 1.29 is 21.6 Å². The number of ether oxygens (including phenoxy) is 1. The lowest BCUT2D eigenvalue weighted by molar-refractivity contribution is 0.341. The molecule has 0 atom stereocenters. The summed E-state index contributed by atoms with van der Waals surface area (Å²) in [5, 5.41) is 0.0515. The third kappa shape index (κ3) is 5.18. The molecule has 1 rings (SSSR count). The molecule has 0 fully saturated rings. The lowest BCUT2D eigenvalue weighted by Gasteiger charge is -2.08. The lowest BCUT2D eigenvalue weighted by Crippen LogP contribution is -2.15. The van der Waals surface area contributed by atoms with Crippen LogP contribution in [0.25, 0.3) is 0 Å². The molecule has 0 unspecified atom stereocenters. The fourth-order valence-electron chi connectivity index (χ4n) is 1.17. The fraction of sp³-hybridized carbons (Fsp3) is 0.400. The van der Waals surface area contributed by atoms with Crippen molar-refractivity contribution in [2.75, 3.05) is 18.1 Å². The highest BCUT2D eigenvalue weighted by atomic mass is 35.7.